The topological polar surface area (TPSA) is 62.2 Å². The number of ether oxygens (including phenoxy) is 2. The van der Waals surface area contributed by atoms with Crippen molar-refractivity contribution in [2.24, 2.45) is 23.2 Å². The van der Waals surface area contributed by atoms with Gasteiger partial charge in [0.15, 0.2) is 11.5 Å². The van der Waals surface area contributed by atoms with Gasteiger partial charge in [-0.1, -0.05) is 18.2 Å². The van der Waals surface area contributed by atoms with Crippen LogP contribution in [-0.4, -0.2) is 59.2 Å². The summed E-state index contributed by atoms with van der Waals surface area (Å²) in [4.78, 5) is 2.80. The Labute approximate surface area is 183 Å². The van der Waals surface area contributed by atoms with Gasteiger partial charge < -0.3 is 19.7 Å². The maximum Gasteiger partial charge on any atom is 0.165 e. The molecule has 0 aromatic heterocycles. The van der Waals surface area contributed by atoms with E-state index in [0.29, 0.717) is 17.7 Å². The Morgan fingerprint density at radius 1 is 1.19 bits per heavy atom. The van der Waals surface area contributed by atoms with Gasteiger partial charge in [-0.15, -0.1) is 0 Å². The van der Waals surface area contributed by atoms with Crippen LogP contribution in [0.5, 0.6) is 11.5 Å². The van der Waals surface area contributed by atoms with Crippen LogP contribution in [0.25, 0.3) is 0 Å². The van der Waals surface area contributed by atoms with Crippen molar-refractivity contribution in [2.45, 2.75) is 67.8 Å². The molecular weight excluding hydrogens is 390 g/mol. The van der Waals surface area contributed by atoms with Crippen LogP contribution in [-0.2, 0) is 16.6 Å². The van der Waals surface area contributed by atoms with Crippen LogP contribution < -0.4 is 4.74 Å². The normalized spacial score (nSPS) is 50.3. The van der Waals surface area contributed by atoms with Gasteiger partial charge in [-0.25, -0.2) is 0 Å². The zero-order valence-electron chi connectivity index (χ0n) is 18.1. The Kier molecular flexibility index (Phi) is 3.08. The number of phenolic OH excluding ortho intramolecular Hbond substituents is 1. The molecular formula is C26H31NO4. The maximum absolute atomic E-state index is 11.2. The van der Waals surface area contributed by atoms with E-state index in [1.807, 2.05) is 6.07 Å². The molecule has 1 aromatic carbocycles. The lowest BCUT2D eigenvalue weighted by Gasteiger charge is -2.73. The van der Waals surface area contributed by atoms with Crippen LogP contribution in [0.3, 0.4) is 0 Å². The Bertz CT molecular complexity index is 1030. The lowest BCUT2D eigenvalue weighted by atomic mass is 9.34. The number of likely N-dealkylation sites (tertiary alicyclic amines) is 1. The average Bonchev–Trinajstić information content (AvgIpc) is 3.38. The number of methoxy groups -OCH3 is 1. The molecule has 31 heavy (non-hydrogen) atoms. The van der Waals surface area contributed by atoms with Crippen molar-refractivity contribution >= 4 is 0 Å². The molecule has 2 N–H and O–H groups in total. The van der Waals surface area contributed by atoms with E-state index in [1.54, 1.807) is 7.11 Å². The summed E-state index contributed by atoms with van der Waals surface area (Å²) in [6.45, 7) is 2.29. The molecule has 0 radical (unpaired) electrons. The first-order chi connectivity index (χ1) is 15.1. The van der Waals surface area contributed by atoms with Crippen LogP contribution in [0.15, 0.2) is 24.3 Å². The highest BCUT2D eigenvalue weighted by Crippen LogP contribution is 2.78. The van der Waals surface area contributed by atoms with Gasteiger partial charge in [-0.3, -0.25) is 4.90 Å². The van der Waals surface area contributed by atoms with Crippen molar-refractivity contribution in [1.29, 1.82) is 0 Å². The minimum atomic E-state index is -0.633. The fourth-order valence-corrected chi connectivity index (χ4v) is 9.61. The third-order valence-electron chi connectivity index (χ3n) is 10.7. The minimum absolute atomic E-state index is 0.0563. The van der Waals surface area contributed by atoms with Gasteiger partial charge in [0.1, 0.15) is 11.7 Å². The molecule has 1 unspecified atom stereocenters. The molecule has 4 fully saturated rings. The van der Waals surface area contributed by atoms with Crippen molar-refractivity contribution in [3.05, 3.63) is 35.4 Å². The van der Waals surface area contributed by atoms with E-state index in [-0.39, 0.29) is 34.7 Å². The molecule has 9 rings (SSSR count). The van der Waals surface area contributed by atoms with E-state index in [1.165, 1.54) is 30.5 Å². The minimum Gasteiger partial charge on any atom is -0.504 e. The molecule has 8 atom stereocenters. The van der Waals surface area contributed by atoms with E-state index in [4.69, 9.17) is 9.47 Å². The second kappa shape index (κ2) is 5.32. The Morgan fingerprint density at radius 2 is 2.06 bits per heavy atom. The van der Waals surface area contributed by atoms with Gasteiger partial charge in [-0.05, 0) is 68.5 Å². The number of nitrogens with zero attached hydrogens (tertiary/aromatic N) is 1. The van der Waals surface area contributed by atoms with Crippen molar-refractivity contribution in [1.82, 2.24) is 4.90 Å². The highest BCUT2D eigenvalue weighted by Gasteiger charge is 2.83. The smallest absolute Gasteiger partial charge is 0.165 e. The van der Waals surface area contributed by atoms with E-state index in [0.717, 1.165) is 38.1 Å². The fourth-order valence-electron chi connectivity index (χ4n) is 9.61. The Morgan fingerprint density at radius 3 is 2.87 bits per heavy atom. The van der Waals surface area contributed by atoms with Crippen LogP contribution in [0.4, 0.5) is 0 Å². The van der Waals surface area contributed by atoms with Gasteiger partial charge in [0, 0.05) is 36.6 Å². The Hall–Kier alpha value is -1.56. The number of piperidine rings is 1. The van der Waals surface area contributed by atoms with Gasteiger partial charge in [-0.2, -0.15) is 0 Å². The van der Waals surface area contributed by atoms with Crippen LogP contribution in [0, 0.1) is 23.2 Å². The summed E-state index contributed by atoms with van der Waals surface area (Å²) in [6, 6.07) is 4.40. The predicted octanol–water partition coefficient (Wildman–Crippen LogP) is 2.77. The summed E-state index contributed by atoms with van der Waals surface area (Å²) in [7, 11) is 1.79. The van der Waals surface area contributed by atoms with Crippen LogP contribution in [0.1, 0.15) is 43.2 Å². The summed E-state index contributed by atoms with van der Waals surface area (Å²) in [6.07, 6.45) is 10.9. The second-order valence-corrected chi connectivity index (χ2v) is 11.4. The molecule has 1 aromatic rings. The molecule has 2 aliphatic heterocycles. The van der Waals surface area contributed by atoms with Gasteiger partial charge >= 0.3 is 0 Å². The van der Waals surface area contributed by atoms with E-state index < -0.39 is 5.60 Å². The highest BCUT2D eigenvalue weighted by molar-refractivity contribution is 5.65. The van der Waals surface area contributed by atoms with Gasteiger partial charge in [0.05, 0.1) is 11.5 Å². The molecule has 6 aliphatic carbocycles. The molecule has 2 spiro atoms. The fraction of sp³-hybridized carbons (Fsp3) is 0.692. The average molecular weight is 422 g/mol. The quantitative estimate of drug-likeness (QED) is 0.735. The summed E-state index contributed by atoms with van der Waals surface area (Å²) in [5.41, 5.74) is 1.76. The first kappa shape index (κ1) is 17.9. The summed E-state index contributed by atoms with van der Waals surface area (Å²) in [5, 5.41) is 22.1. The number of benzene rings is 1. The zero-order valence-corrected chi connectivity index (χ0v) is 18.1. The molecule has 3 saturated carbocycles. The number of aromatic hydroxyl groups is 1. The third kappa shape index (κ3) is 1.69. The van der Waals surface area contributed by atoms with Crippen molar-refractivity contribution in [2.75, 3.05) is 20.2 Å². The highest BCUT2D eigenvalue weighted by atomic mass is 16.6. The largest absolute Gasteiger partial charge is 0.504 e. The molecule has 2 heterocycles. The zero-order chi connectivity index (χ0) is 20.8. The van der Waals surface area contributed by atoms with Crippen LogP contribution in [0.2, 0.25) is 0 Å². The molecule has 8 aliphatic rings. The molecule has 4 bridgehead atoms. The first-order valence-corrected chi connectivity index (χ1v) is 12.3. The predicted molar refractivity (Wildman–Crippen MR) is 114 cm³/mol. The van der Waals surface area contributed by atoms with E-state index in [9.17, 15) is 10.2 Å². The Balaban J connectivity index is 1.44. The molecule has 0 amide bonds. The maximum atomic E-state index is 11.2. The number of aliphatic hydroxyl groups excluding tert-OH is 1. The second-order valence-electron chi connectivity index (χ2n) is 11.4. The summed E-state index contributed by atoms with van der Waals surface area (Å²) >= 11 is 0. The van der Waals surface area contributed by atoms with E-state index in [2.05, 4.69) is 23.1 Å². The number of hydrogen-bond acceptors (Lipinski definition) is 5. The molecule has 5 nitrogen and oxygen atoms in total. The van der Waals surface area contributed by atoms with Gasteiger partial charge in [0.2, 0.25) is 0 Å². The van der Waals surface area contributed by atoms with Gasteiger partial charge in [0.25, 0.3) is 0 Å². The van der Waals surface area contributed by atoms with Crippen molar-refractivity contribution in [3.63, 3.8) is 0 Å². The standard InChI is InChI=1S/C26H31NO4/c1-30-26-9-8-24(16-5-7-17(28)21(16)26)19-12-15-4-6-18(29)22-20(15)25(24,23(26)31-22)10-11-27(19)13-14-2-3-14/h4,6,8-9,14,16-17,19,21,23,28-29H,2-3,5,7,10-13H2,1H3/t16-,17+,19?,21-,23-,24+,25-,26+/m1/s1. The lowest BCUT2D eigenvalue weighted by Crippen LogP contribution is -2.82. The van der Waals surface area contributed by atoms with Crippen molar-refractivity contribution in [3.8, 4) is 11.5 Å². The van der Waals surface area contributed by atoms with Crippen molar-refractivity contribution < 1.29 is 19.7 Å². The number of aliphatic hydroxyl groups is 1. The number of hydrogen-bond donors (Lipinski definition) is 2. The monoisotopic (exact) mass is 421 g/mol. The molecule has 5 heteroatoms. The number of rotatable bonds is 3. The summed E-state index contributed by atoms with van der Waals surface area (Å²) < 4.78 is 13.1. The molecule has 1 saturated heterocycles. The van der Waals surface area contributed by atoms with E-state index >= 15 is 0 Å². The summed E-state index contributed by atoms with van der Waals surface area (Å²) in [5.74, 6) is 2.26. The SMILES string of the molecule is CO[C@]12C=C[C@@]3(C4Cc5ccc(O)c6c5[C@]3(CCN4CC3CC3)[C@H]1O6)[C@@H]1CC[C@H](O)[C@@H]12. The van der Waals surface area contributed by atoms with Crippen LogP contribution >= 0.6 is 0 Å². The first-order valence-electron chi connectivity index (χ1n) is 12.3. The number of phenols is 1. The third-order valence-corrected chi connectivity index (χ3v) is 10.7. The lowest BCUT2D eigenvalue weighted by molar-refractivity contribution is -0.248. The molecule has 164 valence electrons.